The second-order valence-corrected chi connectivity index (χ2v) is 7.03. The van der Waals surface area contributed by atoms with Gasteiger partial charge in [-0.1, -0.05) is 30.3 Å². The molecule has 3 rings (SSSR count). The van der Waals surface area contributed by atoms with Crippen LogP contribution in [0.1, 0.15) is 11.6 Å². The number of carbonyl (C=O) groups is 3. The maximum Gasteiger partial charge on any atom is 0.318 e. The fourth-order valence-corrected chi connectivity index (χ4v) is 3.47. The van der Waals surface area contributed by atoms with Crippen LogP contribution in [0.5, 0.6) is 0 Å². The maximum absolute atomic E-state index is 13.0. The molecular formula is C21H24FN5O3. The van der Waals surface area contributed by atoms with Crippen LogP contribution in [-0.2, 0) is 9.59 Å². The number of halogens is 1. The van der Waals surface area contributed by atoms with E-state index in [1.165, 1.54) is 24.3 Å². The molecule has 1 heterocycles. The molecule has 1 saturated heterocycles. The Morgan fingerprint density at radius 1 is 0.967 bits per heavy atom. The van der Waals surface area contributed by atoms with E-state index >= 15 is 0 Å². The topological polar surface area (TPSA) is 108 Å². The molecule has 8 nitrogen and oxygen atoms in total. The molecule has 1 aliphatic heterocycles. The summed E-state index contributed by atoms with van der Waals surface area (Å²) in [6.45, 7) is 2.41. The minimum Gasteiger partial charge on any atom is -0.351 e. The Bertz CT molecular complexity index is 883. The Morgan fingerprint density at radius 2 is 1.60 bits per heavy atom. The largest absolute Gasteiger partial charge is 0.351 e. The van der Waals surface area contributed by atoms with Crippen LogP contribution in [0.25, 0.3) is 0 Å². The highest BCUT2D eigenvalue weighted by atomic mass is 19.1. The van der Waals surface area contributed by atoms with Crippen molar-refractivity contribution < 1.29 is 18.8 Å². The van der Waals surface area contributed by atoms with E-state index in [0.29, 0.717) is 31.9 Å². The number of hydrogen-bond donors (Lipinski definition) is 3. The number of amides is 4. The first kappa shape index (κ1) is 21.4. The van der Waals surface area contributed by atoms with Gasteiger partial charge in [0.25, 0.3) is 0 Å². The van der Waals surface area contributed by atoms with Crippen molar-refractivity contribution in [3.8, 4) is 0 Å². The molecule has 4 amide bonds. The standard InChI is InChI=1S/C21H24FN5O3/c22-16-6-8-17(9-7-16)24-18(28)14-26-10-12-27(13-11-26)19(20(29)25-21(23)30)15-4-2-1-3-5-15/h1-9,19H,10-14H2,(H,24,28)(H3,23,25,29,30). The van der Waals surface area contributed by atoms with Gasteiger partial charge in [-0.2, -0.15) is 0 Å². The Morgan fingerprint density at radius 3 is 2.20 bits per heavy atom. The normalized spacial score (nSPS) is 15.9. The lowest BCUT2D eigenvalue weighted by molar-refractivity contribution is -0.127. The zero-order valence-corrected chi connectivity index (χ0v) is 16.4. The summed E-state index contributed by atoms with van der Waals surface area (Å²) in [5.74, 6) is -1.03. The van der Waals surface area contributed by atoms with Gasteiger partial charge in [0.1, 0.15) is 11.9 Å². The van der Waals surface area contributed by atoms with Gasteiger partial charge in [-0.3, -0.25) is 24.7 Å². The quantitative estimate of drug-likeness (QED) is 0.662. The maximum atomic E-state index is 13.0. The van der Waals surface area contributed by atoms with Crippen LogP contribution in [0.2, 0.25) is 0 Å². The van der Waals surface area contributed by atoms with E-state index in [2.05, 4.69) is 10.6 Å². The second-order valence-electron chi connectivity index (χ2n) is 7.03. The summed E-state index contributed by atoms with van der Waals surface area (Å²) in [5, 5.41) is 4.91. The molecule has 9 heteroatoms. The van der Waals surface area contributed by atoms with E-state index in [1.807, 2.05) is 40.1 Å². The first-order valence-corrected chi connectivity index (χ1v) is 9.59. The molecule has 1 aliphatic rings. The fraction of sp³-hybridized carbons (Fsp3) is 0.286. The molecule has 30 heavy (non-hydrogen) atoms. The molecule has 0 spiro atoms. The van der Waals surface area contributed by atoms with Crippen LogP contribution in [0, 0.1) is 5.82 Å². The van der Waals surface area contributed by atoms with Crippen LogP contribution in [-0.4, -0.2) is 60.4 Å². The average Bonchev–Trinajstić information content (AvgIpc) is 2.71. The predicted molar refractivity (Wildman–Crippen MR) is 110 cm³/mol. The molecule has 1 unspecified atom stereocenters. The number of piperazine rings is 1. The van der Waals surface area contributed by atoms with Gasteiger partial charge in [0.05, 0.1) is 6.54 Å². The zero-order valence-electron chi connectivity index (χ0n) is 16.4. The number of anilines is 1. The van der Waals surface area contributed by atoms with E-state index in [1.54, 1.807) is 0 Å². The van der Waals surface area contributed by atoms with Gasteiger partial charge in [-0.15, -0.1) is 0 Å². The van der Waals surface area contributed by atoms with Crippen LogP contribution >= 0.6 is 0 Å². The van der Waals surface area contributed by atoms with Crippen molar-refractivity contribution in [2.75, 3.05) is 38.0 Å². The summed E-state index contributed by atoms with van der Waals surface area (Å²) in [7, 11) is 0. The lowest BCUT2D eigenvalue weighted by Gasteiger charge is -2.38. The molecule has 0 radical (unpaired) electrons. The van der Waals surface area contributed by atoms with Crippen LogP contribution < -0.4 is 16.4 Å². The number of nitrogens with two attached hydrogens (primary N) is 1. The molecule has 0 saturated carbocycles. The van der Waals surface area contributed by atoms with Crippen LogP contribution in [0.15, 0.2) is 54.6 Å². The molecule has 2 aromatic carbocycles. The number of primary amides is 1. The summed E-state index contributed by atoms with van der Waals surface area (Å²) in [4.78, 5) is 39.9. The number of carbonyl (C=O) groups excluding carboxylic acids is 3. The smallest absolute Gasteiger partial charge is 0.318 e. The Labute approximate surface area is 173 Å². The van der Waals surface area contributed by atoms with E-state index < -0.39 is 18.0 Å². The van der Waals surface area contributed by atoms with Gasteiger partial charge in [0.15, 0.2) is 0 Å². The highest BCUT2D eigenvalue weighted by Crippen LogP contribution is 2.22. The Hall–Kier alpha value is -3.30. The van der Waals surface area contributed by atoms with Crippen molar-refractivity contribution in [3.63, 3.8) is 0 Å². The van der Waals surface area contributed by atoms with Crippen LogP contribution in [0.4, 0.5) is 14.9 Å². The Kier molecular flexibility index (Phi) is 7.10. The van der Waals surface area contributed by atoms with Gasteiger partial charge >= 0.3 is 6.03 Å². The van der Waals surface area contributed by atoms with Crippen molar-refractivity contribution >= 4 is 23.5 Å². The van der Waals surface area contributed by atoms with Gasteiger partial charge in [0, 0.05) is 31.9 Å². The number of benzene rings is 2. The van der Waals surface area contributed by atoms with E-state index in [-0.39, 0.29) is 18.3 Å². The van der Waals surface area contributed by atoms with Crippen molar-refractivity contribution in [1.29, 1.82) is 0 Å². The molecular weight excluding hydrogens is 389 g/mol. The highest BCUT2D eigenvalue weighted by molar-refractivity contribution is 5.96. The molecule has 0 aromatic heterocycles. The molecule has 158 valence electrons. The van der Waals surface area contributed by atoms with Gasteiger partial charge in [0.2, 0.25) is 11.8 Å². The van der Waals surface area contributed by atoms with Crippen molar-refractivity contribution in [3.05, 3.63) is 66.0 Å². The van der Waals surface area contributed by atoms with E-state index in [0.717, 1.165) is 5.56 Å². The monoisotopic (exact) mass is 413 g/mol. The molecule has 4 N–H and O–H groups in total. The summed E-state index contributed by atoms with van der Waals surface area (Å²) < 4.78 is 13.0. The number of nitrogens with one attached hydrogen (secondary N) is 2. The molecule has 0 bridgehead atoms. The number of nitrogens with zero attached hydrogens (tertiary/aromatic N) is 2. The van der Waals surface area contributed by atoms with Gasteiger partial charge in [-0.25, -0.2) is 9.18 Å². The zero-order chi connectivity index (χ0) is 21.5. The van der Waals surface area contributed by atoms with E-state index in [4.69, 9.17) is 5.73 Å². The summed E-state index contributed by atoms with van der Waals surface area (Å²) >= 11 is 0. The fourth-order valence-electron chi connectivity index (χ4n) is 3.47. The number of urea groups is 1. The number of rotatable bonds is 6. The molecule has 1 fully saturated rings. The highest BCUT2D eigenvalue weighted by Gasteiger charge is 2.31. The Balaban J connectivity index is 1.58. The first-order valence-electron chi connectivity index (χ1n) is 9.59. The lowest BCUT2D eigenvalue weighted by Crippen LogP contribution is -2.53. The molecule has 2 aromatic rings. The van der Waals surface area contributed by atoms with Crippen molar-refractivity contribution in [2.45, 2.75) is 6.04 Å². The lowest BCUT2D eigenvalue weighted by atomic mass is 10.0. The van der Waals surface area contributed by atoms with Gasteiger partial charge in [-0.05, 0) is 29.8 Å². The SMILES string of the molecule is NC(=O)NC(=O)C(c1ccccc1)N1CCN(CC(=O)Nc2ccc(F)cc2)CC1. The minimum atomic E-state index is -0.892. The third-order valence-electron chi connectivity index (χ3n) is 4.88. The van der Waals surface area contributed by atoms with Crippen LogP contribution in [0.3, 0.4) is 0 Å². The van der Waals surface area contributed by atoms with E-state index in [9.17, 15) is 18.8 Å². The third kappa shape index (κ3) is 5.85. The minimum absolute atomic E-state index is 0.189. The van der Waals surface area contributed by atoms with Gasteiger partial charge < -0.3 is 11.1 Å². The second kappa shape index (κ2) is 9.95. The average molecular weight is 413 g/mol. The van der Waals surface area contributed by atoms with Crippen molar-refractivity contribution in [1.82, 2.24) is 15.1 Å². The number of hydrogen-bond acceptors (Lipinski definition) is 5. The molecule has 0 aliphatic carbocycles. The summed E-state index contributed by atoms with van der Waals surface area (Å²) in [6.07, 6.45) is 0. The third-order valence-corrected chi connectivity index (χ3v) is 4.88. The summed E-state index contributed by atoms with van der Waals surface area (Å²) in [6, 6.07) is 13.2. The predicted octanol–water partition coefficient (Wildman–Crippen LogP) is 1.32. The van der Waals surface area contributed by atoms with Crippen molar-refractivity contribution in [2.24, 2.45) is 5.73 Å². The first-order chi connectivity index (χ1) is 14.4. The summed E-state index contributed by atoms with van der Waals surface area (Å²) in [5.41, 5.74) is 6.42. The number of imide groups is 1. The molecule has 1 atom stereocenters.